The maximum absolute atomic E-state index is 12.1. The van der Waals surface area contributed by atoms with Gasteiger partial charge < -0.3 is 15.1 Å². The van der Waals surface area contributed by atoms with Gasteiger partial charge in [-0.15, -0.1) is 0 Å². The van der Waals surface area contributed by atoms with Crippen LogP contribution in [-0.2, 0) is 4.79 Å². The number of rotatable bonds is 16. The molecule has 0 atom stereocenters. The Morgan fingerprint density at radius 1 is 0.731 bits per heavy atom. The highest BCUT2D eigenvalue weighted by atomic mass is 16.5. The minimum Gasteiger partial charge on any atom is -0.358 e. The topological polar surface area (TPSA) is 60.8 Å². The Kier molecular flexibility index (Phi) is 13.0. The van der Waals surface area contributed by atoms with Crippen LogP contribution >= 0.6 is 0 Å². The number of likely N-dealkylation sites (tertiary alicyclic amines) is 1. The van der Waals surface area contributed by atoms with Crippen molar-refractivity contribution in [2.75, 3.05) is 13.1 Å². The highest BCUT2D eigenvalue weighted by molar-refractivity contribution is 5.83. The monoisotopic (exact) mass is 369 g/mol. The molecule has 1 heterocycles. The maximum Gasteiger partial charge on any atom is 0.282 e. The lowest BCUT2D eigenvalue weighted by Crippen LogP contribution is -2.48. The molecule has 1 aliphatic rings. The van der Waals surface area contributed by atoms with E-state index in [9.17, 15) is 15.0 Å². The maximum atomic E-state index is 12.1. The summed E-state index contributed by atoms with van der Waals surface area (Å²) in [6.45, 7) is 3.60. The van der Waals surface area contributed by atoms with Crippen molar-refractivity contribution in [1.82, 2.24) is 4.90 Å². The number of nitrogens with zero attached hydrogens (tertiary/aromatic N) is 1. The van der Waals surface area contributed by atoms with Gasteiger partial charge in [-0.25, -0.2) is 0 Å². The van der Waals surface area contributed by atoms with E-state index in [-0.39, 0.29) is 6.42 Å². The average Bonchev–Trinajstić information content (AvgIpc) is 3.15. The molecule has 0 spiro atoms. The fourth-order valence-electron chi connectivity index (χ4n) is 3.85. The zero-order valence-electron chi connectivity index (χ0n) is 17.2. The van der Waals surface area contributed by atoms with E-state index in [0.29, 0.717) is 19.5 Å². The number of hydrogen-bond acceptors (Lipinski definition) is 3. The lowest BCUT2D eigenvalue weighted by Gasteiger charge is -2.26. The van der Waals surface area contributed by atoms with Gasteiger partial charge in [0.15, 0.2) is 0 Å². The third-order valence-corrected chi connectivity index (χ3v) is 5.61. The van der Waals surface area contributed by atoms with Crippen molar-refractivity contribution in [3.05, 3.63) is 0 Å². The Morgan fingerprint density at radius 2 is 1.12 bits per heavy atom. The van der Waals surface area contributed by atoms with Gasteiger partial charge in [-0.3, -0.25) is 4.79 Å². The molecule has 0 radical (unpaired) electrons. The highest BCUT2D eigenvalue weighted by Crippen LogP contribution is 2.20. The molecule has 0 unspecified atom stereocenters. The Balaban J connectivity index is 1.87. The Labute approximate surface area is 161 Å². The molecule has 1 fully saturated rings. The number of aliphatic hydroxyl groups is 2. The normalized spacial score (nSPS) is 15.0. The van der Waals surface area contributed by atoms with Crippen LogP contribution in [0.1, 0.15) is 116 Å². The van der Waals surface area contributed by atoms with E-state index in [1.54, 1.807) is 4.90 Å². The average molecular weight is 370 g/mol. The van der Waals surface area contributed by atoms with Gasteiger partial charge >= 0.3 is 0 Å². The van der Waals surface area contributed by atoms with Crippen LogP contribution in [0.3, 0.4) is 0 Å². The van der Waals surface area contributed by atoms with E-state index < -0.39 is 11.7 Å². The van der Waals surface area contributed by atoms with Gasteiger partial charge in [-0.05, 0) is 19.3 Å². The van der Waals surface area contributed by atoms with Gasteiger partial charge in [0.1, 0.15) is 0 Å². The molecule has 0 aromatic carbocycles. The van der Waals surface area contributed by atoms with Gasteiger partial charge in [-0.1, -0.05) is 90.4 Å². The van der Waals surface area contributed by atoms with Crippen LogP contribution in [0.25, 0.3) is 0 Å². The molecule has 1 amide bonds. The van der Waals surface area contributed by atoms with Gasteiger partial charge in [0.25, 0.3) is 5.91 Å². The lowest BCUT2D eigenvalue weighted by molar-refractivity contribution is -0.197. The summed E-state index contributed by atoms with van der Waals surface area (Å²) in [5, 5.41) is 20.0. The quantitative estimate of drug-likeness (QED) is 0.292. The Hall–Kier alpha value is -0.610. The third-order valence-electron chi connectivity index (χ3n) is 5.61. The largest absolute Gasteiger partial charge is 0.358 e. The zero-order chi connectivity index (χ0) is 19.1. The van der Waals surface area contributed by atoms with E-state index in [2.05, 4.69) is 6.92 Å². The number of carbonyl (C=O) groups is 1. The molecular weight excluding hydrogens is 326 g/mol. The molecule has 0 aromatic heterocycles. The number of carbonyl (C=O) groups excluding carboxylic acids is 1. The Morgan fingerprint density at radius 3 is 1.54 bits per heavy atom. The zero-order valence-corrected chi connectivity index (χ0v) is 17.2. The molecule has 154 valence electrons. The summed E-state index contributed by atoms with van der Waals surface area (Å²) in [6, 6.07) is 0. The van der Waals surface area contributed by atoms with Crippen LogP contribution in [0.2, 0.25) is 0 Å². The summed E-state index contributed by atoms with van der Waals surface area (Å²) < 4.78 is 0. The fourth-order valence-corrected chi connectivity index (χ4v) is 3.85. The van der Waals surface area contributed by atoms with Crippen molar-refractivity contribution < 1.29 is 15.0 Å². The van der Waals surface area contributed by atoms with E-state index in [1.807, 2.05) is 0 Å². The molecule has 0 aliphatic carbocycles. The molecule has 4 nitrogen and oxygen atoms in total. The Bertz CT molecular complexity index is 351. The van der Waals surface area contributed by atoms with Gasteiger partial charge in [0.2, 0.25) is 5.79 Å². The second kappa shape index (κ2) is 14.4. The first-order valence-corrected chi connectivity index (χ1v) is 11.3. The van der Waals surface area contributed by atoms with Crippen molar-refractivity contribution in [2.45, 2.75) is 122 Å². The van der Waals surface area contributed by atoms with E-state index in [4.69, 9.17) is 0 Å². The SMILES string of the molecule is CCCCCCCCCCCCCCCCC(O)(O)C(=O)N1CCCC1. The van der Waals surface area contributed by atoms with Crippen LogP contribution in [0.4, 0.5) is 0 Å². The summed E-state index contributed by atoms with van der Waals surface area (Å²) in [4.78, 5) is 13.6. The first-order chi connectivity index (χ1) is 12.6. The first kappa shape index (κ1) is 23.4. The fraction of sp³-hybridized carbons (Fsp3) is 0.955. The second-order valence-electron chi connectivity index (χ2n) is 8.16. The molecule has 26 heavy (non-hydrogen) atoms. The predicted molar refractivity (Wildman–Crippen MR) is 108 cm³/mol. The first-order valence-electron chi connectivity index (χ1n) is 11.3. The standard InChI is InChI=1S/C22H43NO3/c1-2-3-4-5-6-7-8-9-10-11-12-13-14-15-18-22(25,26)21(24)23-19-16-17-20-23/h25-26H,2-20H2,1H3. The van der Waals surface area contributed by atoms with E-state index >= 15 is 0 Å². The predicted octanol–water partition coefficient (Wildman–Crippen LogP) is 5.16. The highest BCUT2D eigenvalue weighted by Gasteiger charge is 2.37. The van der Waals surface area contributed by atoms with Gasteiger partial charge in [0, 0.05) is 19.5 Å². The van der Waals surface area contributed by atoms with Gasteiger partial charge in [0.05, 0.1) is 0 Å². The molecule has 1 saturated heterocycles. The smallest absolute Gasteiger partial charge is 0.282 e. The number of amides is 1. The molecule has 1 aliphatic heterocycles. The van der Waals surface area contributed by atoms with E-state index in [0.717, 1.165) is 25.7 Å². The molecule has 2 N–H and O–H groups in total. The summed E-state index contributed by atoms with van der Waals surface area (Å²) in [5.41, 5.74) is 0. The number of hydrogen-bond donors (Lipinski definition) is 2. The molecule has 0 saturated carbocycles. The minimum absolute atomic E-state index is 0.167. The van der Waals surface area contributed by atoms with Crippen LogP contribution in [0.5, 0.6) is 0 Å². The molecule has 0 aromatic rings. The van der Waals surface area contributed by atoms with Crippen LogP contribution in [-0.4, -0.2) is 39.9 Å². The minimum atomic E-state index is -2.15. The summed E-state index contributed by atoms with van der Waals surface area (Å²) >= 11 is 0. The van der Waals surface area contributed by atoms with Crippen molar-refractivity contribution in [2.24, 2.45) is 0 Å². The van der Waals surface area contributed by atoms with Crippen molar-refractivity contribution in [3.63, 3.8) is 0 Å². The molecule has 0 bridgehead atoms. The van der Waals surface area contributed by atoms with Gasteiger partial charge in [-0.2, -0.15) is 0 Å². The summed E-state index contributed by atoms with van der Waals surface area (Å²) in [6.07, 6.45) is 19.8. The van der Waals surface area contributed by atoms with Crippen molar-refractivity contribution in [1.29, 1.82) is 0 Å². The summed E-state index contributed by atoms with van der Waals surface area (Å²) in [7, 11) is 0. The molecule has 4 heteroatoms. The van der Waals surface area contributed by atoms with Crippen LogP contribution < -0.4 is 0 Å². The number of unbranched alkanes of at least 4 members (excludes halogenated alkanes) is 13. The lowest BCUT2D eigenvalue weighted by atomic mass is 10.0. The van der Waals surface area contributed by atoms with Crippen molar-refractivity contribution in [3.8, 4) is 0 Å². The van der Waals surface area contributed by atoms with E-state index in [1.165, 1.54) is 70.6 Å². The third kappa shape index (κ3) is 10.5. The van der Waals surface area contributed by atoms with Crippen molar-refractivity contribution >= 4 is 5.91 Å². The molecular formula is C22H43NO3. The van der Waals surface area contributed by atoms with Crippen LogP contribution in [0.15, 0.2) is 0 Å². The second-order valence-corrected chi connectivity index (χ2v) is 8.16. The summed E-state index contributed by atoms with van der Waals surface area (Å²) in [5.74, 6) is -2.65. The van der Waals surface area contributed by atoms with Crippen LogP contribution in [0, 0.1) is 0 Å². The molecule has 1 rings (SSSR count).